The second kappa shape index (κ2) is 15.2. The van der Waals surface area contributed by atoms with Gasteiger partial charge in [-0.3, -0.25) is 0 Å². The summed E-state index contributed by atoms with van der Waals surface area (Å²) in [5.41, 5.74) is 13.9. The first-order chi connectivity index (χ1) is 31.2. The lowest BCUT2D eigenvalue weighted by Gasteiger charge is -2.12. The molecule has 0 saturated heterocycles. The third-order valence-electron chi connectivity index (χ3n) is 11.9. The van der Waals surface area contributed by atoms with E-state index in [0.29, 0.717) is 17.5 Å². The van der Waals surface area contributed by atoms with Crippen molar-refractivity contribution < 1.29 is 4.42 Å². The van der Waals surface area contributed by atoms with E-state index in [2.05, 4.69) is 194 Å². The molecule has 0 bridgehead atoms. The standard InChI is InChI=1S/C58H36N4O/c1-3-13-37(14-4-1)39-25-29-42(30-26-39)56-60-57(43-31-27-40(28-32-43)38-15-5-2-6-16-38)62-58(61-56)46-20-11-19-44(35-46)45-33-34-49-51(36-45)59-54(48-23-12-18-41-17-7-8-21-47(41)48)53-50-22-9-10-24-52(50)63-55(49)53/h1-36H. The van der Waals surface area contributed by atoms with E-state index in [1.807, 2.05) is 24.3 Å². The van der Waals surface area contributed by atoms with Crippen molar-refractivity contribution in [3.63, 3.8) is 0 Å². The quantitative estimate of drug-likeness (QED) is 0.161. The molecule has 0 aliphatic heterocycles. The summed E-state index contributed by atoms with van der Waals surface area (Å²) < 4.78 is 6.65. The minimum Gasteiger partial charge on any atom is -0.455 e. The molecule has 12 aromatic rings. The Morgan fingerprint density at radius 3 is 1.46 bits per heavy atom. The van der Waals surface area contributed by atoms with E-state index in [1.165, 1.54) is 5.39 Å². The van der Waals surface area contributed by atoms with Crippen LogP contribution in [0.3, 0.4) is 0 Å². The Hall–Kier alpha value is -8.54. The molecule has 0 aliphatic rings. The molecule has 5 nitrogen and oxygen atoms in total. The molecule has 63 heavy (non-hydrogen) atoms. The maximum absolute atomic E-state index is 6.65. The number of fused-ring (bicyclic) bond motifs is 6. The van der Waals surface area contributed by atoms with Crippen LogP contribution < -0.4 is 0 Å². The maximum Gasteiger partial charge on any atom is 0.164 e. The molecule has 0 saturated carbocycles. The number of aromatic nitrogens is 4. The monoisotopic (exact) mass is 804 g/mol. The van der Waals surface area contributed by atoms with Gasteiger partial charge in [0, 0.05) is 33.0 Å². The zero-order chi connectivity index (χ0) is 41.7. The average Bonchev–Trinajstić information content (AvgIpc) is 3.76. The number of nitrogens with zero attached hydrogens (tertiary/aromatic N) is 4. The largest absolute Gasteiger partial charge is 0.455 e. The van der Waals surface area contributed by atoms with Gasteiger partial charge in [0.05, 0.1) is 16.6 Å². The molecule has 9 aromatic carbocycles. The molecule has 3 aromatic heterocycles. The lowest BCUT2D eigenvalue weighted by atomic mass is 9.96. The van der Waals surface area contributed by atoms with Gasteiger partial charge in [-0.2, -0.15) is 0 Å². The van der Waals surface area contributed by atoms with Gasteiger partial charge in [0.2, 0.25) is 0 Å². The highest BCUT2D eigenvalue weighted by Gasteiger charge is 2.20. The van der Waals surface area contributed by atoms with Crippen LogP contribution in [0.25, 0.3) is 122 Å². The Morgan fingerprint density at radius 2 is 0.778 bits per heavy atom. The zero-order valence-electron chi connectivity index (χ0n) is 34.0. The second-order valence-corrected chi connectivity index (χ2v) is 15.8. The topological polar surface area (TPSA) is 64.7 Å². The van der Waals surface area contributed by atoms with Crippen LogP contribution in [-0.2, 0) is 0 Å². The molecule has 0 spiro atoms. The van der Waals surface area contributed by atoms with Crippen LogP contribution in [0.1, 0.15) is 0 Å². The molecule has 0 fully saturated rings. The minimum absolute atomic E-state index is 0.595. The number of furan rings is 1. The van der Waals surface area contributed by atoms with E-state index >= 15 is 0 Å². The fourth-order valence-electron chi connectivity index (χ4n) is 8.75. The van der Waals surface area contributed by atoms with Crippen molar-refractivity contribution in [2.24, 2.45) is 0 Å². The molecule has 5 heteroatoms. The van der Waals surface area contributed by atoms with Gasteiger partial charge in [0.25, 0.3) is 0 Å². The predicted octanol–water partition coefficient (Wildman–Crippen LogP) is 15.1. The van der Waals surface area contributed by atoms with Crippen LogP contribution in [0.5, 0.6) is 0 Å². The third-order valence-corrected chi connectivity index (χ3v) is 11.9. The lowest BCUT2D eigenvalue weighted by molar-refractivity contribution is 0.672. The first-order valence-corrected chi connectivity index (χ1v) is 21.1. The summed E-state index contributed by atoms with van der Waals surface area (Å²) in [4.78, 5) is 20.8. The summed E-state index contributed by atoms with van der Waals surface area (Å²) in [7, 11) is 0. The summed E-state index contributed by atoms with van der Waals surface area (Å²) in [5.74, 6) is 1.81. The van der Waals surface area contributed by atoms with Crippen LogP contribution in [0.4, 0.5) is 0 Å². The van der Waals surface area contributed by atoms with Crippen molar-refractivity contribution >= 4 is 43.6 Å². The number of hydrogen-bond acceptors (Lipinski definition) is 5. The number of rotatable bonds is 7. The van der Waals surface area contributed by atoms with Crippen molar-refractivity contribution in [1.82, 2.24) is 19.9 Å². The SMILES string of the molecule is c1ccc(-c2ccc(-c3nc(-c4ccc(-c5ccccc5)cc4)nc(-c4cccc(-c5ccc6c(c5)nc(-c5cccc7ccccc57)c5c7ccccc7oc65)c4)n3)cc2)cc1. The zero-order valence-corrected chi connectivity index (χ0v) is 34.0. The molecule has 12 rings (SSSR count). The Morgan fingerprint density at radius 1 is 0.302 bits per heavy atom. The molecular weight excluding hydrogens is 769 g/mol. The molecule has 0 amide bonds. The van der Waals surface area contributed by atoms with Gasteiger partial charge in [-0.15, -0.1) is 0 Å². The minimum atomic E-state index is 0.595. The summed E-state index contributed by atoms with van der Waals surface area (Å²) in [6, 6.07) is 75.7. The summed E-state index contributed by atoms with van der Waals surface area (Å²) >= 11 is 0. The van der Waals surface area contributed by atoms with Gasteiger partial charge >= 0.3 is 0 Å². The molecule has 0 unspecified atom stereocenters. The fraction of sp³-hybridized carbons (Fsp3) is 0. The Kier molecular flexibility index (Phi) is 8.75. The van der Waals surface area contributed by atoms with Crippen LogP contribution in [0.2, 0.25) is 0 Å². The molecule has 0 N–H and O–H groups in total. The summed E-state index contributed by atoms with van der Waals surface area (Å²) in [5, 5.41) is 5.36. The number of pyridine rings is 1. The molecule has 0 atom stereocenters. The second-order valence-electron chi connectivity index (χ2n) is 15.8. The third kappa shape index (κ3) is 6.60. The number of hydrogen-bond donors (Lipinski definition) is 0. The van der Waals surface area contributed by atoms with Gasteiger partial charge in [0.15, 0.2) is 17.5 Å². The first kappa shape index (κ1) is 36.3. The Labute approximate surface area is 363 Å². The van der Waals surface area contributed by atoms with Gasteiger partial charge in [0.1, 0.15) is 11.2 Å². The van der Waals surface area contributed by atoms with E-state index in [4.69, 9.17) is 24.4 Å². The highest BCUT2D eigenvalue weighted by molar-refractivity contribution is 6.21. The van der Waals surface area contributed by atoms with Gasteiger partial charge in [-0.1, -0.05) is 194 Å². The van der Waals surface area contributed by atoms with Crippen molar-refractivity contribution in [3.8, 4) is 78.8 Å². The Balaban J connectivity index is 0.981. The smallest absolute Gasteiger partial charge is 0.164 e. The van der Waals surface area contributed by atoms with Crippen LogP contribution in [-0.4, -0.2) is 19.9 Å². The summed E-state index contributed by atoms with van der Waals surface area (Å²) in [6.07, 6.45) is 0. The lowest BCUT2D eigenvalue weighted by Crippen LogP contribution is -2.00. The molecule has 0 aliphatic carbocycles. The van der Waals surface area contributed by atoms with Gasteiger partial charge < -0.3 is 4.42 Å². The average molecular weight is 805 g/mol. The molecule has 294 valence electrons. The van der Waals surface area contributed by atoms with Crippen LogP contribution in [0.15, 0.2) is 223 Å². The normalized spacial score (nSPS) is 11.5. The van der Waals surface area contributed by atoms with Crippen molar-refractivity contribution in [2.45, 2.75) is 0 Å². The fourth-order valence-corrected chi connectivity index (χ4v) is 8.75. The van der Waals surface area contributed by atoms with Gasteiger partial charge in [-0.05, 0) is 68.4 Å². The molecule has 3 heterocycles. The van der Waals surface area contributed by atoms with Crippen molar-refractivity contribution in [3.05, 3.63) is 218 Å². The number of benzene rings is 9. The van der Waals surface area contributed by atoms with Crippen molar-refractivity contribution in [1.29, 1.82) is 0 Å². The van der Waals surface area contributed by atoms with Crippen LogP contribution in [0, 0.1) is 0 Å². The van der Waals surface area contributed by atoms with E-state index in [1.54, 1.807) is 0 Å². The number of para-hydroxylation sites is 1. The van der Waals surface area contributed by atoms with Crippen molar-refractivity contribution in [2.75, 3.05) is 0 Å². The predicted molar refractivity (Wildman–Crippen MR) is 258 cm³/mol. The molecular formula is C58H36N4O. The van der Waals surface area contributed by atoms with E-state index in [-0.39, 0.29) is 0 Å². The summed E-state index contributed by atoms with van der Waals surface area (Å²) in [6.45, 7) is 0. The highest BCUT2D eigenvalue weighted by Crippen LogP contribution is 2.42. The van der Waals surface area contributed by atoms with E-state index in [0.717, 1.165) is 99.6 Å². The molecule has 0 radical (unpaired) electrons. The van der Waals surface area contributed by atoms with Crippen LogP contribution >= 0.6 is 0 Å². The van der Waals surface area contributed by atoms with Gasteiger partial charge in [-0.25, -0.2) is 19.9 Å². The van der Waals surface area contributed by atoms with E-state index in [9.17, 15) is 0 Å². The Bertz CT molecular complexity index is 3550. The van der Waals surface area contributed by atoms with E-state index < -0.39 is 0 Å². The maximum atomic E-state index is 6.65. The highest BCUT2D eigenvalue weighted by atomic mass is 16.3. The first-order valence-electron chi connectivity index (χ1n) is 21.1.